The maximum atomic E-state index is 13.2. The van der Waals surface area contributed by atoms with Crippen LogP contribution < -0.4 is 10.1 Å². The topological polar surface area (TPSA) is 68.3 Å². The molecule has 2 unspecified atom stereocenters. The second-order valence-corrected chi connectivity index (χ2v) is 7.30. The largest absolute Gasteiger partial charge is 0.455 e. The molecule has 2 heterocycles. The van der Waals surface area contributed by atoms with Gasteiger partial charge in [-0.05, 0) is 55.2 Å². The van der Waals surface area contributed by atoms with Crippen LogP contribution in [0.2, 0.25) is 0 Å². The molecule has 2 amide bonds. The van der Waals surface area contributed by atoms with Gasteiger partial charge in [0.15, 0.2) is 0 Å². The molecule has 1 fully saturated rings. The zero-order chi connectivity index (χ0) is 17.6. The number of fused-ring (bicyclic) bond motifs is 1. The molecule has 0 spiro atoms. The van der Waals surface area contributed by atoms with E-state index in [9.17, 15) is 14.0 Å². The Hall–Kier alpha value is -2.41. The molecule has 1 saturated heterocycles. The van der Waals surface area contributed by atoms with Crippen molar-refractivity contribution < 1.29 is 18.7 Å². The summed E-state index contributed by atoms with van der Waals surface area (Å²) < 4.78 is 19.0. The maximum Gasteiger partial charge on any atom is 0.286 e. The Balaban J connectivity index is 1.57. The highest BCUT2D eigenvalue weighted by atomic mass is 32.2. The van der Waals surface area contributed by atoms with Gasteiger partial charge in [-0.15, -0.1) is 0 Å². The molecular formula is C18H15FN2O3S. The van der Waals surface area contributed by atoms with Crippen LogP contribution >= 0.6 is 11.8 Å². The van der Waals surface area contributed by atoms with Crippen LogP contribution in [-0.2, 0) is 11.2 Å². The maximum absolute atomic E-state index is 13.2. The molecule has 1 aromatic heterocycles. The van der Waals surface area contributed by atoms with Gasteiger partial charge >= 0.3 is 0 Å². The van der Waals surface area contributed by atoms with Crippen molar-refractivity contribution in [3.63, 3.8) is 0 Å². The number of benzene rings is 1. The number of carbonyl (C=O) groups excluding carboxylic acids is 2. The molecule has 2 aromatic rings. The first kappa shape index (κ1) is 16.1. The summed E-state index contributed by atoms with van der Waals surface area (Å²) in [6.45, 7) is 1.78. The summed E-state index contributed by atoms with van der Waals surface area (Å²) in [4.78, 5) is 27.8. The molecule has 0 saturated carbocycles. The molecule has 2 atom stereocenters. The lowest BCUT2D eigenvalue weighted by molar-refractivity contribution is -0.119. The van der Waals surface area contributed by atoms with Gasteiger partial charge < -0.3 is 4.74 Å². The number of thioether (sulfide) groups is 1. The van der Waals surface area contributed by atoms with E-state index < -0.39 is 5.25 Å². The number of imide groups is 1. The molecule has 25 heavy (non-hydrogen) atoms. The van der Waals surface area contributed by atoms with Gasteiger partial charge in [0, 0.05) is 11.6 Å². The van der Waals surface area contributed by atoms with Gasteiger partial charge in [-0.2, -0.15) is 0 Å². The molecule has 2 aliphatic rings. The Morgan fingerprint density at radius 3 is 2.88 bits per heavy atom. The smallest absolute Gasteiger partial charge is 0.286 e. The van der Waals surface area contributed by atoms with E-state index in [0.717, 1.165) is 35.9 Å². The number of halogens is 1. The molecule has 0 radical (unpaired) electrons. The monoisotopic (exact) mass is 358 g/mol. The second-order valence-electron chi connectivity index (χ2n) is 6.19. The lowest BCUT2D eigenvalue weighted by Crippen LogP contribution is -2.28. The minimum Gasteiger partial charge on any atom is -0.455 e. The van der Waals surface area contributed by atoms with Gasteiger partial charge in [0.2, 0.25) is 5.91 Å². The normalized spacial score (nSPS) is 22.0. The number of carbonyl (C=O) groups is 2. The standard InChI is InChI=1S/C18H15FN2O3S/c1-9-6-11(19)3-5-14(9)24-12-7-10-2-4-13(15(10)20-8-12)16-17(22)21-18(23)25-16/h3,5-8,13,16H,2,4H2,1H3,(H,21,22,23). The van der Waals surface area contributed by atoms with Gasteiger partial charge in [-0.3, -0.25) is 19.9 Å². The summed E-state index contributed by atoms with van der Waals surface area (Å²) in [5.74, 6) is 0.550. The van der Waals surface area contributed by atoms with E-state index in [1.807, 2.05) is 6.07 Å². The molecule has 4 rings (SSSR count). The van der Waals surface area contributed by atoms with Crippen LogP contribution in [0.5, 0.6) is 11.5 Å². The summed E-state index contributed by atoms with van der Waals surface area (Å²) in [7, 11) is 0. The average Bonchev–Trinajstić information content (AvgIpc) is 3.12. The highest BCUT2D eigenvalue weighted by molar-refractivity contribution is 8.15. The van der Waals surface area contributed by atoms with Crippen molar-refractivity contribution in [2.75, 3.05) is 0 Å². The van der Waals surface area contributed by atoms with Crippen molar-refractivity contribution in [3.8, 4) is 11.5 Å². The van der Waals surface area contributed by atoms with Gasteiger partial charge in [-0.25, -0.2) is 4.39 Å². The van der Waals surface area contributed by atoms with Crippen molar-refractivity contribution in [2.45, 2.75) is 30.9 Å². The van der Waals surface area contributed by atoms with Crippen LogP contribution in [0.4, 0.5) is 9.18 Å². The first-order valence-corrected chi connectivity index (χ1v) is 8.83. The lowest BCUT2D eigenvalue weighted by Gasteiger charge is -2.15. The molecule has 1 aliphatic heterocycles. The Labute approximate surface area is 148 Å². The highest BCUT2D eigenvalue weighted by Gasteiger charge is 2.42. The summed E-state index contributed by atoms with van der Waals surface area (Å²) in [6, 6.07) is 6.27. The van der Waals surface area contributed by atoms with Gasteiger partial charge in [0.25, 0.3) is 5.24 Å². The predicted octanol–water partition coefficient (Wildman–Crippen LogP) is 3.70. The van der Waals surface area contributed by atoms with Crippen LogP contribution in [-0.4, -0.2) is 21.4 Å². The molecule has 0 bridgehead atoms. The fourth-order valence-corrected chi connectivity index (χ4v) is 4.31. The zero-order valence-corrected chi connectivity index (χ0v) is 14.2. The summed E-state index contributed by atoms with van der Waals surface area (Å²) in [5.41, 5.74) is 2.58. The van der Waals surface area contributed by atoms with E-state index in [-0.39, 0.29) is 22.9 Å². The van der Waals surface area contributed by atoms with Crippen LogP contribution in [0.1, 0.15) is 29.2 Å². The van der Waals surface area contributed by atoms with E-state index >= 15 is 0 Å². The Bertz CT molecular complexity index is 887. The molecule has 5 nitrogen and oxygen atoms in total. The van der Waals surface area contributed by atoms with Crippen molar-refractivity contribution in [1.29, 1.82) is 0 Å². The minimum atomic E-state index is -0.410. The third kappa shape index (κ3) is 3.00. The van der Waals surface area contributed by atoms with Gasteiger partial charge in [0.05, 0.1) is 6.20 Å². The number of amides is 2. The highest BCUT2D eigenvalue weighted by Crippen LogP contribution is 2.42. The van der Waals surface area contributed by atoms with Gasteiger partial charge in [0.1, 0.15) is 22.6 Å². The first-order valence-electron chi connectivity index (χ1n) is 7.95. The summed E-state index contributed by atoms with van der Waals surface area (Å²) in [6.07, 6.45) is 3.17. The van der Waals surface area contributed by atoms with Crippen LogP contribution in [0.25, 0.3) is 0 Å². The molecule has 1 N–H and O–H groups in total. The number of rotatable bonds is 3. The molecule has 1 aliphatic carbocycles. The van der Waals surface area contributed by atoms with E-state index in [0.29, 0.717) is 17.1 Å². The number of hydrogen-bond acceptors (Lipinski definition) is 5. The fraction of sp³-hybridized carbons (Fsp3) is 0.278. The predicted molar refractivity (Wildman–Crippen MR) is 91.4 cm³/mol. The third-order valence-corrected chi connectivity index (χ3v) is 5.61. The van der Waals surface area contributed by atoms with E-state index in [1.54, 1.807) is 19.2 Å². The average molecular weight is 358 g/mol. The molecule has 1 aromatic carbocycles. The SMILES string of the molecule is Cc1cc(F)ccc1Oc1cnc2c(c1)CCC2C1SC(=O)NC1=O. The Kier molecular flexibility index (Phi) is 3.95. The first-order chi connectivity index (χ1) is 12.0. The zero-order valence-electron chi connectivity index (χ0n) is 13.4. The van der Waals surface area contributed by atoms with Gasteiger partial charge in [-0.1, -0.05) is 11.8 Å². The van der Waals surface area contributed by atoms with Crippen LogP contribution in [0.15, 0.2) is 30.5 Å². The number of nitrogens with one attached hydrogen (secondary N) is 1. The lowest BCUT2D eigenvalue weighted by atomic mass is 10.0. The van der Waals surface area contributed by atoms with Crippen molar-refractivity contribution in [1.82, 2.24) is 10.3 Å². The molecule has 7 heteroatoms. The quantitative estimate of drug-likeness (QED) is 0.906. The number of aryl methyl sites for hydroxylation is 2. The third-order valence-electron chi connectivity index (χ3n) is 4.50. The fourth-order valence-electron chi connectivity index (χ4n) is 3.32. The van der Waals surface area contributed by atoms with E-state index in [1.165, 1.54) is 12.1 Å². The Morgan fingerprint density at radius 2 is 2.16 bits per heavy atom. The number of nitrogens with zero attached hydrogens (tertiary/aromatic N) is 1. The number of pyridine rings is 1. The molecule has 128 valence electrons. The minimum absolute atomic E-state index is 0.0620. The van der Waals surface area contributed by atoms with Crippen molar-refractivity contribution in [3.05, 3.63) is 53.1 Å². The summed E-state index contributed by atoms with van der Waals surface area (Å²) in [5, 5.41) is 1.63. The molecular weight excluding hydrogens is 343 g/mol. The van der Waals surface area contributed by atoms with E-state index in [2.05, 4.69) is 10.3 Å². The summed E-state index contributed by atoms with van der Waals surface area (Å²) >= 11 is 1.04. The van der Waals surface area contributed by atoms with Crippen LogP contribution in [0, 0.1) is 12.7 Å². The van der Waals surface area contributed by atoms with E-state index in [4.69, 9.17) is 4.74 Å². The second kappa shape index (κ2) is 6.15. The Morgan fingerprint density at radius 1 is 1.32 bits per heavy atom. The van der Waals surface area contributed by atoms with Crippen molar-refractivity contribution >= 4 is 22.9 Å². The number of ether oxygens (including phenoxy) is 1. The number of aromatic nitrogens is 1. The van der Waals surface area contributed by atoms with Crippen LogP contribution in [0.3, 0.4) is 0 Å². The van der Waals surface area contributed by atoms with Crippen molar-refractivity contribution in [2.24, 2.45) is 0 Å². The number of hydrogen-bond donors (Lipinski definition) is 1.